The molecular weight excluding hydrogens is 308 g/mol. The third kappa shape index (κ3) is 3.69. The Labute approximate surface area is 146 Å². The van der Waals surface area contributed by atoms with Crippen molar-refractivity contribution in [2.75, 3.05) is 5.32 Å². The molecule has 0 aliphatic carbocycles. The summed E-state index contributed by atoms with van der Waals surface area (Å²) < 4.78 is 0. The standard InChI is InChI=1S/C21H20N4/c1-2-7-21-20(6-1)17(14-22-21)5-3-4-16-8-10-18(11-9-16)25-19-12-13-23-24-15-19/h1-2,6-15,22H,3-5H2,(H,23,25). The van der Waals surface area contributed by atoms with Crippen molar-refractivity contribution in [3.63, 3.8) is 0 Å². The van der Waals surface area contributed by atoms with E-state index in [2.05, 4.69) is 75.2 Å². The second kappa shape index (κ2) is 7.18. The lowest BCUT2D eigenvalue weighted by molar-refractivity contribution is 0.825. The Hall–Kier alpha value is -3.14. The topological polar surface area (TPSA) is 53.6 Å². The van der Waals surface area contributed by atoms with Crippen molar-refractivity contribution in [3.05, 3.63) is 84.3 Å². The number of benzene rings is 2. The van der Waals surface area contributed by atoms with E-state index in [-0.39, 0.29) is 0 Å². The molecule has 0 aliphatic heterocycles. The van der Waals surface area contributed by atoms with Crippen LogP contribution < -0.4 is 5.32 Å². The minimum Gasteiger partial charge on any atom is -0.361 e. The van der Waals surface area contributed by atoms with Crippen molar-refractivity contribution in [1.82, 2.24) is 15.2 Å². The molecule has 0 saturated carbocycles. The molecule has 4 heteroatoms. The Balaban J connectivity index is 1.34. The van der Waals surface area contributed by atoms with Crippen molar-refractivity contribution in [2.24, 2.45) is 0 Å². The van der Waals surface area contributed by atoms with Gasteiger partial charge in [0.25, 0.3) is 0 Å². The van der Waals surface area contributed by atoms with E-state index >= 15 is 0 Å². The molecule has 25 heavy (non-hydrogen) atoms. The van der Waals surface area contributed by atoms with E-state index in [0.717, 1.165) is 30.6 Å². The summed E-state index contributed by atoms with van der Waals surface area (Å²) in [5, 5.41) is 12.3. The quantitative estimate of drug-likeness (QED) is 0.530. The fourth-order valence-electron chi connectivity index (χ4n) is 3.11. The number of hydrogen-bond donors (Lipinski definition) is 2. The Morgan fingerprint density at radius 2 is 1.72 bits per heavy atom. The van der Waals surface area contributed by atoms with E-state index in [1.165, 1.54) is 22.0 Å². The van der Waals surface area contributed by atoms with Gasteiger partial charge in [0.1, 0.15) is 0 Å². The van der Waals surface area contributed by atoms with Gasteiger partial charge in [0.2, 0.25) is 0 Å². The molecule has 4 aromatic rings. The third-order valence-electron chi connectivity index (χ3n) is 4.41. The molecule has 0 aliphatic rings. The lowest BCUT2D eigenvalue weighted by Crippen LogP contribution is -1.93. The second-order valence-corrected chi connectivity index (χ2v) is 6.17. The van der Waals surface area contributed by atoms with E-state index in [4.69, 9.17) is 0 Å². The van der Waals surface area contributed by atoms with E-state index in [0.29, 0.717) is 0 Å². The third-order valence-corrected chi connectivity index (χ3v) is 4.41. The molecular formula is C21H20N4. The molecule has 0 spiro atoms. The smallest absolute Gasteiger partial charge is 0.0731 e. The summed E-state index contributed by atoms with van der Waals surface area (Å²) in [6.07, 6.45) is 8.85. The summed E-state index contributed by atoms with van der Waals surface area (Å²) in [6.45, 7) is 0. The van der Waals surface area contributed by atoms with Crippen LogP contribution in [0.4, 0.5) is 11.4 Å². The Bertz CT molecular complexity index is 942. The fourth-order valence-corrected chi connectivity index (χ4v) is 3.11. The summed E-state index contributed by atoms with van der Waals surface area (Å²) in [5.41, 5.74) is 5.99. The van der Waals surface area contributed by atoms with Crippen molar-refractivity contribution in [3.8, 4) is 0 Å². The minimum absolute atomic E-state index is 0.946. The van der Waals surface area contributed by atoms with Gasteiger partial charge >= 0.3 is 0 Å². The average Bonchev–Trinajstić information content (AvgIpc) is 3.07. The molecule has 4 nitrogen and oxygen atoms in total. The molecule has 2 aromatic heterocycles. The predicted molar refractivity (Wildman–Crippen MR) is 102 cm³/mol. The van der Waals surface area contributed by atoms with Gasteiger partial charge in [-0.25, -0.2) is 0 Å². The van der Waals surface area contributed by atoms with Gasteiger partial charge in [-0.1, -0.05) is 30.3 Å². The normalized spacial score (nSPS) is 10.9. The highest BCUT2D eigenvalue weighted by atomic mass is 15.1. The number of nitrogens with one attached hydrogen (secondary N) is 2. The highest BCUT2D eigenvalue weighted by Gasteiger charge is 2.03. The molecule has 2 aromatic carbocycles. The zero-order chi connectivity index (χ0) is 16.9. The van der Waals surface area contributed by atoms with Gasteiger partial charge < -0.3 is 10.3 Å². The molecule has 124 valence electrons. The minimum atomic E-state index is 0.946. The largest absolute Gasteiger partial charge is 0.361 e. The number of aryl methyl sites for hydroxylation is 2. The number of hydrogen-bond acceptors (Lipinski definition) is 3. The summed E-state index contributed by atoms with van der Waals surface area (Å²) in [6, 6.07) is 19.0. The van der Waals surface area contributed by atoms with Crippen LogP contribution in [0.5, 0.6) is 0 Å². The van der Waals surface area contributed by atoms with Crippen molar-refractivity contribution < 1.29 is 0 Å². The lowest BCUT2D eigenvalue weighted by Gasteiger charge is -2.07. The summed E-state index contributed by atoms with van der Waals surface area (Å²) in [4.78, 5) is 3.35. The molecule has 0 radical (unpaired) electrons. The van der Waals surface area contributed by atoms with Gasteiger partial charge in [0.05, 0.1) is 18.1 Å². The number of para-hydroxylation sites is 1. The van der Waals surface area contributed by atoms with E-state index in [1.807, 2.05) is 6.07 Å². The maximum atomic E-state index is 3.87. The zero-order valence-electron chi connectivity index (χ0n) is 13.9. The van der Waals surface area contributed by atoms with Gasteiger partial charge in [0.15, 0.2) is 0 Å². The molecule has 0 bridgehead atoms. The average molecular weight is 328 g/mol. The molecule has 2 heterocycles. The summed E-state index contributed by atoms with van der Waals surface area (Å²) >= 11 is 0. The van der Waals surface area contributed by atoms with Gasteiger partial charge in [-0.05, 0) is 54.7 Å². The van der Waals surface area contributed by atoms with Crippen LogP contribution in [-0.4, -0.2) is 15.2 Å². The van der Waals surface area contributed by atoms with Gasteiger partial charge in [-0.3, -0.25) is 0 Å². The molecule has 0 atom stereocenters. The molecule has 2 N–H and O–H groups in total. The first-order chi connectivity index (χ1) is 12.4. The zero-order valence-corrected chi connectivity index (χ0v) is 13.9. The number of rotatable bonds is 6. The van der Waals surface area contributed by atoms with Gasteiger partial charge in [-0.15, -0.1) is 0 Å². The second-order valence-electron chi connectivity index (χ2n) is 6.17. The molecule has 0 saturated heterocycles. The molecule has 0 unspecified atom stereocenters. The van der Waals surface area contributed by atoms with Crippen LogP contribution in [-0.2, 0) is 12.8 Å². The number of H-pyrrole nitrogens is 1. The van der Waals surface area contributed by atoms with Crippen LogP contribution in [0.25, 0.3) is 10.9 Å². The predicted octanol–water partition coefficient (Wildman–Crippen LogP) is 4.88. The van der Waals surface area contributed by atoms with Gasteiger partial charge in [-0.2, -0.15) is 10.2 Å². The van der Waals surface area contributed by atoms with E-state index < -0.39 is 0 Å². The number of anilines is 2. The highest BCUT2D eigenvalue weighted by molar-refractivity contribution is 5.83. The van der Waals surface area contributed by atoms with Crippen molar-refractivity contribution >= 4 is 22.3 Å². The Kier molecular flexibility index (Phi) is 4.42. The summed E-state index contributed by atoms with van der Waals surface area (Å²) in [5.74, 6) is 0. The number of aromatic amines is 1. The molecule has 0 amide bonds. The first-order valence-electron chi connectivity index (χ1n) is 8.56. The monoisotopic (exact) mass is 328 g/mol. The maximum absolute atomic E-state index is 3.87. The SMILES string of the molecule is c1ccc2c(CCCc3ccc(Nc4ccnnc4)cc3)c[nH]c2c1. The lowest BCUT2D eigenvalue weighted by atomic mass is 10.0. The first kappa shape index (κ1) is 15.4. The van der Waals surface area contributed by atoms with Crippen LogP contribution in [0, 0.1) is 0 Å². The molecule has 4 rings (SSSR count). The van der Waals surface area contributed by atoms with Crippen LogP contribution in [0.3, 0.4) is 0 Å². The number of aromatic nitrogens is 3. The van der Waals surface area contributed by atoms with E-state index in [1.54, 1.807) is 12.4 Å². The Morgan fingerprint density at radius 1 is 0.840 bits per heavy atom. The van der Waals surface area contributed by atoms with Crippen LogP contribution in [0.2, 0.25) is 0 Å². The van der Waals surface area contributed by atoms with Crippen molar-refractivity contribution in [2.45, 2.75) is 19.3 Å². The number of fused-ring (bicyclic) bond motifs is 1. The molecule has 0 fully saturated rings. The van der Waals surface area contributed by atoms with Gasteiger partial charge in [0, 0.05) is 22.8 Å². The maximum Gasteiger partial charge on any atom is 0.0731 e. The van der Waals surface area contributed by atoms with Crippen LogP contribution >= 0.6 is 0 Å². The van der Waals surface area contributed by atoms with E-state index in [9.17, 15) is 0 Å². The Morgan fingerprint density at radius 3 is 2.56 bits per heavy atom. The highest BCUT2D eigenvalue weighted by Crippen LogP contribution is 2.20. The van der Waals surface area contributed by atoms with Crippen molar-refractivity contribution in [1.29, 1.82) is 0 Å². The van der Waals surface area contributed by atoms with Crippen LogP contribution in [0.1, 0.15) is 17.5 Å². The van der Waals surface area contributed by atoms with Crippen LogP contribution in [0.15, 0.2) is 73.2 Å². The summed E-state index contributed by atoms with van der Waals surface area (Å²) in [7, 11) is 0. The number of nitrogens with zero attached hydrogens (tertiary/aromatic N) is 2. The first-order valence-corrected chi connectivity index (χ1v) is 8.56. The fraction of sp³-hybridized carbons (Fsp3) is 0.143.